The Balaban J connectivity index is 1.56. The van der Waals surface area contributed by atoms with E-state index in [2.05, 4.69) is 43.0 Å². The summed E-state index contributed by atoms with van der Waals surface area (Å²) in [5, 5.41) is 0. The number of benzene rings is 2. The van der Waals surface area contributed by atoms with Crippen LogP contribution in [0, 0.1) is 0 Å². The molecule has 1 saturated heterocycles. The lowest BCUT2D eigenvalue weighted by molar-refractivity contribution is -0.191. The Hall–Kier alpha value is -2.10. The van der Waals surface area contributed by atoms with E-state index in [1.807, 2.05) is 18.2 Å². The van der Waals surface area contributed by atoms with Crippen LogP contribution in [0.15, 0.2) is 61.2 Å². The Bertz CT molecular complexity index is 638. The molecule has 0 unspecified atom stereocenters. The van der Waals surface area contributed by atoms with Crippen LogP contribution in [0.3, 0.4) is 0 Å². The molecule has 2 aromatic rings. The van der Waals surface area contributed by atoms with Crippen LogP contribution >= 0.6 is 0 Å². The van der Waals surface area contributed by atoms with E-state index in [-0.39, 0.29) is 12.2 Å². The van der Waals surface area contributed by atoms with Gasteiger partial charge in [0.2, 0.25) is 0 Å². The molecule has 2 aromatic carbocycles. The third-order valence-corrected chi connectivity index (χ3v) is 4.37. The van der Waals surface area contributed by atoms with Crippen molar-refractivity contribution in [3.05, 3.63) is 77.9 Å². The van der Waals surface area contributed by atoms with Gasteiger partial charge in [0.15, 0.2) is 6.29 Å². The molecule has 0 bridgehead atoms. The second kappa shape index (κ2) is 8.13. The van der Waals surface area contributed by atoms with Crippen molar-refractivity contribution in [3.63, 3.8) is 0 Å². The van der Waals surface area contributed by atoms with E-state index in [0.29, 0.717) is 13.2 Å². The average molecular weight is 324 g/mol. The Morgan fingerprint density at radius 1 is 1.00 bits per heavy atom. The molecular weight excluding hydrogens is 300 g/mol. The fourth-order valence-corrected chi connectivity index (χ4v) is 2.87. The summed E-state index contributed by atoms with van der Waals surface area (Å²) < 4.78 is 17.1. The van der Waals surface area contributed by atoms with Crippen LogP contribution < -0.4 is 4.74 Å². The maximum Gasteiger partial charge on any atom is 0.183 e. The highest BCUT2D eigenvalue weighted by Gasteiger charge is 2.24. The van der Waals surface area contributed by atoms with Gasteiger partial charge in [-0.3, -0.25) is 0 Å². The van der Waals surface area contributed by atoms with Gasteiger partial charge in [-0.1, -0.05) is 42.5 Å². The number of hydrogen-bond acceptors (Lipinski definition) is 3. The first-order valence-electron chi connectivity index (χ1n) is 8.37. The lowest BCUT2D eigenvalue weighted by Gasteiger charge is -2.30. The van der Waals surface area contributed by atoms with E-state index in [4.69, 9.17) is 14.2 Å². The lowest BCUT2D eigenvalue weighted by atomic mass is 10.00. The SMILES string of the molecule is C=CCCc1ccc(C2OCC(c3ccc(OC)cc3)CO2)cc1. The number of allylic oxidation sites excluding steroid dienone is 1. The van der Waals surface area contributed by atoms with E-state index in [1.54, 1.807) is 7.11 Å². The zero-order chi connectivity index (χ0) is 16.8. The van der Waals surface area contributed by atoms with Crippen LogP contribution in [-0.2, 0) is 15.9 Å². The molecular formula is C21H24O3. The second-order valence-corrected chi connectivity index (χ2v) is 6.04. The quantitative estimate of drug-likeness (QED) is 0.724. The normalized spacial score (nSPS) is 20.5. The first-order valence-corrected chi connectivity index (χ1v) is 8.37. The maximum absolute atomic E-state index is 5.94. The summed E-state index contributed by atoms with van der Waals surface area (Å²) in [6.45, 7) is 5.09. The summed E-state index contributed by atoms with van der Waals surface area (Å²) in [7, 11) is 1.68. The number of ether oxygens (including phenoxy) is 3. The van der Waals surface area contributed by atoms with Crippen LogP contribution in [0.2, 0.25) is 0 Å². The van der Waals surface area contributed by atoms with Gasteiger partial charge in [-0.25, -0.2) is 0 Å². The maximum atomic E-state index is 5.94. The molecule has 126 valence electrons. The molecule has 0 amide bonds. The van der Waals surface area contributed by atoms with Gasteiger partial charge >= 0.3 is 0 Å². The fraction of sp³-hybridized carbons (Fsp3) is 0.333. The predicted molar refractivity (Wildman–Crippen MR) is 95.3 cm³/mol. The predicted octanol–water partition coefficient (Wildman–Crippen LogP) is 4.64. The van der Waals surface area contributed by atoms with E-state index in [9.17, 15) is 0 Å². The number of hydrogen-bond donors (Lipinski definition) is 0. The molecule has 1 fully saturated rings. The summed E-state index contributed by atoms with van der Waals surface area (Å²) in [6, 6.07) is 16.6. The molecule has 1 heterocycles. The van der Waals surface area contributed by atoms with Gasteiger partial charge in [-0.15, -0.1) is 6.58 Å². The minimum absolute atomic E-state index is 0.263. The molecule has 0 atom stereocenters. The van der Waals surface area contributed by atoms with Gasteiger partial charge in [0.25, 0.3) is 0 Å². The Morgan fingerprint density at radius 2 is 1.62 bits per heavy atom. The summed E-state index contributed by atoms with van der Waals surface area (Å²) >= 11 is 0. The molecule has 24 heavy (non-hydrogen) atoms. The molecule has 3 rings (SSSR count). The van der Waals surface area contributed by atoms with E-state index >= 15 is 0 Å². The largest absolute Gasteiger partial charge is 0.497 e. The monoisotopic (exact) mass is 324 g/mol. The van der Waals surface area contributed by atoms with E-state index < -0.39 is 0 Å². The van der Waals surface area contributed by atoms with Crippen molar-refractivity contribution >= 4 is 0 Å². The van der Waals surface area contributed by atoms with Crippen LogP contribution in [0.25, 0.3) is 0 Å². The Labute approximate surface area is 143 Å². The van der Waals surface area contributed by atoms with Gasteiger partial charge in [-0.05, 0) is 36.1 Å². The standard InChI is InChI=1S/C21H24O3/c1-3-4-5-16-6-8-18(9-7-16)21-23-14-19(15-24-21)17-10-12-20(22-2)13-11-17/h3,6-13,19,21H,1,4-5,14-15H2,2H3. The van der Waals surface area contributed by atoms with Gasteiger partial charge < -0.3 is 14.2 Å². The zero-order valence-electron chi connectivity index (χ0n) is 14.1. The molecule has 0 aliphatic carbocycles. The van der Waals surface area contributed by atoms with Crippen LogP contribution in [0.5, 0.6) is 5.75 Å². The summed E-state index contributed by atoms with van der Waals surface area (Å²) in [5.74, 6) is 1.13. The zero-order valence-corrected chi connectivity index (χ0v) is 14.1. The number of aryl methyl sites for hydroxylation is 1. The molecule has 0 radical (unpaired) electrons. The molecule has 3 heteroatoms. The molecule has 1 aliphatic rings. The third kappa shape index (κ3) is 4.05. The first-order chi connectivity index (χ1) is 11.8. The molecule has 3 nitrogen and oxygen atoms in total. The smallest absolute Gasteiger partial charge is 0.183 e. The van der Waals surface area contributed by atoms with Gasteiger partial charge in [0.1, 0.15) is 5.75 Å². The molecule has 0 spiro atoms. The minimum Gasteiger partial charge on any atom is -0.497 e. The van der Waals surface area contributed by atoms with Crippen molar-refractivity contribution in [2.24, 2.45) is 0 Å². The summed E-state index contributed by atoms with van der Waals surface area (Å²) in [6.07, 6.45) is 3.70. The third-order valence-electron chi connectivity index (χ3n) is 4.37. The second-order valence-electron chi connectivity index (χ2n) is 6.04. The van der Waals surface area contributed by atoms with Crippen LogP contribution in [0.1, 0.15) is 35.3 Å². The number of methoxy groups -OCH3 is 1. The fourth-order valence-electron chi connectivity index (χ4n) is 2.87. The topological polar surface area (TPSA) is 27.7 Å². The van der Waals surface area contributed by atoms with Crippen molar-refractivity contribution in [2.45, 2.75) is 25.0 Å². The molecule has 0 saturated carbocycles. The van der Waals surface area contributed by atoms with E-state index in [1.165, 1.54) is 11.1 Å². The highest BCUT2D eigenvalue weighted by atomic mass is 16.7. The molecule has 1 aliphatic heterocycles. The van der Waals surface area contributed by atoms with Crippen molar-refractivity contribution in [1.82, 2.24) is 0 Å². The Kier molecular flexibility index (Phi) is 5.68. The Morgan fingerprint density at radius 3 is 2.21 bits per heavy atom. The highest BCUT2D eigenvalue weighted by molar-refractivity contribution is 5.30. The van der Waals surface area contributed by atoms with Crippen LogP contribution in [-0.4, -0.2) is 20.3 Å². The molecule has 0 aromatic heterocycles. The van der Waals surface area contributed by atoms with Crippen molar-refractivity contribution in [3.8, 4) is 5.75 Å². The highest BCUT2D eigenvalue weighted by Crippen LogP contribution is 2.30. The van der Waals surface area contributed by atoms with Gasteiger partial charge in [-0.2, -0.15) is 0 Å². The molecule has 0 N–H and O–H groups in total. The lowest BCUT2D eigenvalue weighted by Crippen LogP contribution is -2.25. The van der Waals surface area contributed by atoms with Crippen molar-refractivity contribution in [1.29, 1.82) is 0 Å². The van der Waals surface area contributed by atoms with Gasteiger partial charge in [0.05, 0.1) is 20.3 Å². The minimum atomic E-state index is -0.270. The first kappa shape index (κ1) is 16.7. The summed E-state index contributed by atoms with van der Waals surface area (Å²) in [5.41, 5.74) is 3.60. The van der Waals surface area contributed by atoms with Crippen molar-refractivity contribution in [2.75, 3.05) is 20.3 Å². The van der Waals surface area contributed by atoms with Crippen molar-refractivity contribution < 1.29 is 14.2 Å². The number of rotatable bonds is 6. The van der Waals surface area contributed by atoms with E-state index in [0.717, 1.165) is 24.2 Å². The average Bonchev–Trinajstić information content (AvgIpc) is 2.67. The van der Waals surface area contributed by atoms with Gasteiger partial charge in [0, 0.05) is 11.5 Å². The summed E-state index contributed by atoms with van der Waals surface area (Å²) in [4.78, 5) is 0. The van der Waals surface area contributed by atoms with Crippen LogP contribution in [0.4, 0.5) is 0 Å².